The van der Waals surface area contributed by atoms with Crippen LogP contribution in [-0.2, 0) is 0 Å². The highest BCUT2D eigenvalue weighted by molar-refractivity contribution is 7.09. The zero-order valence-corrected chi connectivity index (χ0v) is 18.7. The molecule has 1 atom stereocenters. The Bertz CT molecular complexity index is 1010. The first kappa shape index (κ1) is 19.5. The highest BCUT2D eigenvalue weighted by Gasteiger charge is 2.47. The summed E-state index contributed by atoms with van der Waals surface area (Å²) in [6.45, 7) is 9.28. The van der Waals surface area contributed by atoms with Gasteiger partial charge in [0.1, 0.15) is 0 Å². The topological polar surface area (TPSA) is 12.0 Å². The summed E-state index contributed by atoms with van der Waals surface area (Å²) < 4.78 is 0. The molecule has 0 aliphatic heterocycles. The Morgan fingerprint density at radius 1 is 0.621 bits per heavy atom. The van der Waals surface area contributed by atoms with Crippen molar-refractivity contribution in [2.75, 3.05) is 4.98 Å². The van der Waals surface area contributed by atoms with E-state index in [-0.39, 0.29) is 0 Å². The summed E-state index contributed by atoms with van der Waals surface area (Å²) in [4.78, 5) is 4.12. The summed E-state index contributed by atoms with van der Waals surface area (Å²) in [5.41, 5.74) is 5.58. The number of anilines is 1. The maximum absolute atomic E-state index is 4.12. The first-order valence-electron chi connectivity index (χ1n) is 10.4. The van der Waals surface area contributed by atoms with Crippen LogP contribution in [0.1, 0.15) is 27.7 Å². The van der Waals surface area contributed by atoms with Gasteiger partial charge in [0.05, 0.1) is 0 Å². The summed E-state index contributed by atoms with van der Waals surface area (Å²) in [6.07, 6.45) is 0. The SMILES string of the molecule is CC1=C(C)C(C)C([Si](Nc2ccccc2)(c2ccccc2)c2ccccc2)=C1C. The first-order chi connectivity index (χ1) is 14.1. The summed E-state index contributed by atoms with van der Waals surface area (Å²) in [5.74, 6) is 0.429. The molecule has 3 aromatic rings. The van der Waals surface area contributed by atoms with Gasteiger partial charge in [-0.25, -0.2) is 0 Å². The zero-order chi connectivity index (χ0) is 20.4. The number of nitrogens with one attached hydrogen (secondary N) is 1. The van der Waals surface area contributed by atoms with E-state index in [2.05, 4.69) is 124 Å². The Kier molecular flexibility index (Phi) is 5.29. The summed E-state index contributed by atoms with van der Waals surface area (Å²) in [5, 5.41) is 4.38. The molecule has 0 bridgehead atoms. The van der Waals surface area contributed by atoms with Crippen LogP contribution in [0, 0.1) is 5.92 Å². The van der Waals surface area contributed by atoms with E-state index in [1.807, 2.05) is 0 Å². The Hall–Kier alpha value is -2.84. The molecule has 0 amide bonds. The van der Waals surface area contributed by atoms with E-state index in [0.717, 1.165) is 0 Å². The number of para-hydroxylation sites is 1. The molecule has 4 rings (SSSR count). The third-order valence-electron chi connectivity index (χ3n) is 6.56. The lowest BCUT2D eigenvalue weighted by molar-refractivity contribution is 0.850. The number of rotatable bonds is 5. The summed E-state index contributed by atoms with van der Waals surface area (Å²) in [6, 6.07) is 32.9. The molecule has 0 aromatic heterocycles. The van der Waals surface area contributed by atoms with Gasteiger partial charge in [-0.15, -0.1) is 0 Å². The van der Waals surface area contributed by atoms with Crippen molar-refractivity contribution in [2.45, 2.75) is 27.7 Å². The van der Waals surface area contributed by atoms with E-state index < -0.39 is 8.24 Å². The van der Waals surface area contributed by atoms with E-state index in [9.17, 15) is 0 Å². The fraction of sp³-hybridized carbons (Fsp3) is 0.185. The second-order valence-electron chi connectivity index (χ2n) is 8.04. The lowest BCUT2D eigenvalue weighted by Gasteiger charge is -2.39. The van der Waals surface area contributed by atoms with E-state index in [1.165, 1.54) is 32.8 Å². The Morgan fingerprint density at radius 2 is 1.07 bits per heavy atom. The third kappa shape index (κ3) is 3.28. The maximum Gasteiger partial charge on any atom is 0.247 e. The normalized spacial score (nSPS) is 17.0. The zero-order valence-electron chi connectivity index (χ0n) is 17.7. The molecule has 0 fully saturated rings. The van der Waals surface area contributed by atoms with Gasteiger partial charge in [0.2, 0.25) is 8.24 Å². The van der Waals surface area contributed by atoms with E-state index in [0.29, 0.717) is 5.92 Å². The van der Waals surface area contributed by atoms with Gasteiger partial charge in [0.25, 0.3) is 0 Å². The average molecular weight is 396 g/mol. The highest BCUT2D eigenvalue weighted by atomic mass is 28.3. The molecular formula is C27H29NSi. The Balaban J connectivity index is 2.05. The average Bonchev–Trinajstić information content (AvgIpc) is 2.97. The van der Waals surface area contributed by atoms with Crippen molar-refractivity contribution >= 4 is 24.3 Å². The highest BCUT2D eigenvalue weighted by Crippen LogP contribution is 2.41. The van der Waals surface area contributed by atoms with Crippen LogP contribution in [0.25, 0.3) is 0 Å². The second kappa shape index (κ2) is 7.88. The van der Waals surface area contributed by atoms with Crippen LogP contribution in [0.3, 0.4) is 0 Å². The largest absolute Gasteiger partial charge is 0.400 e. The Morgan fingerprint density at radius 3 is 1.48 bits per heavy atom. The number of benzene rings is 3. The van der Waals surface area contributed by atoms with Crippen molar-refractivity contribution in [1.29, 1.82) is 0 Å². The van der Waals surface area contributed by atoms with Crippen LogP contribution in [-0.4, -0.2) is 8.24 Å². The van der Waals surface area contributed by atoms with Crippen molar-refractivity contribution in [1.82, 2.24) is 0 Å². The van der Waals surface area contributed by atoms with Gasteiger partial charge < -0.3 is 4.98 Å². The molecule has 0 saturated carbocycles. The molecular weight excluding hydrogens is 366 g/mol. The predicted molar refractivity (Wildman–Crippen MR) is 128 cm³/mol. The van der Waals surface area contributed by atoms with Crippen molar-refractivity contribution in [3.05, 3.63) is 113 Å². The van der Waals surface area contributed by atoms with Crippen molar-refractivity contribution in [2.24, 2.45) is 5.92 Å². The first-order valence-corrected chi connectivity index (χ1v) is 12.4. The van der Waals surface area contributed by atoms with Crippen molar-refractivity contribution < 1.29 is 0 Å². The molecule has 1 unspecified atom stereocenters. The molecule has 29 heavy (non-hydrogen) atoms. The van der Waals surface area contributed by atoms with E-state index in [4.69, 9.17) is 0 Å². The third-order valence-corrected chi connectivity index (χ3v) is 11.2. The van der Waals surface area contributed by atoms with Crippen LogP contribution in [0.5, 0.6) is 0 Å². The van der Waals surface area contributed by atoms with Gasteiger partial charge >= 0.3 is 0 Å². The van der Waals surface area contributed by atoms with Crippen LogP contribution in [0.2, 0.25) is 0 Å². The summed E-state index contributed by atoms with van der Waals surface area (Å²) in [7, 11) is -2.48. The molecule has 3 aromatic carbocycles. The van der Waals surface area contributed by atoms with Gasteiger partial charge in [0, 0.05) is 5.69 Å². The maximum atomic E-state index is 4.12. The minimum Gasteiger partial charge on any atom is -0.400 e. The van der Waals surface area contributed by atoms with Gasteiger partial charge in [-0.05, 0) is 65.5 Å². The fourth-order valence-corrected chi connectivity index (χ4v) is 9.75. The van der Waals surface area contributed by atoms with Crippen molar-refractivity contribution in [3.8, 4) is 0 Å². The molecule has 1 aliphatic carbocycles. The van der Waals surface area contributed by atoms with Crippen LogP contribution >= 0.6 is 0 Å². The van der Waals surface area contributed by atoms with Crippen LogP contribution in [0.15, 0.2) is 113 Å². The molecule has 1 N–H and O–H groups in total. The van der Waals surface area contributed by atoms with E-state index in [1.54, 1.807) is 5.20 Å². The lowest BCUT2D eigenvalue weighted by Crippen LogP contribution is -2.67. The van der Waals surface area contributed by atoms with Crippen molar-refractivity contribution in [3.63, 3.8) is 0 Å². The minimum atomic E-state index is -2.48. The lowest BCUT2D eigenvalue weighted by atomic mass is 10.1. The van der Waals surface area contributed by atoms with Gasteiger partial charge in [-0.3, -0.25) is 0 Å². The standard InChI is InChI=1S/C27H29NSi/c1-20-21(2)23(4)27(22(20)3)29(25-16-10-6-11-17-25,26-18-12-7-13-19-26)28-24-14-8-5-9-15-24/h5-19,22,28H,1-4H3. The second-order valence-corrected chi connectivity index (χ2v) is 11.5. The van der Waals surface area contributed by atoms with E-state index >= 15 is 0 Å². The quantitative estimate of drug-likeness (QED) is 0.546. The minimum absolute atomic E-state index is 0.429. The predicted octanol–water partition coefficient (Wildman–Crippen LogP) is 5.70. The van der Waals surface area contributed by atoms with Crippen LogP contribution in [0.4, 0.5) is 5.69 Å². The summed E-state index contributed by atoms with van der Waals surface area (Å²) >= 11 is 0. The molecule has 0 saturated heterocycles. The monoisotopic (exact) mass is 395 g/mol. The molecule has 146 valence electrons. The molecule has 0 spiro atoms. The molecule has 1 nitrogen and oxygen atoms in total. The number of hydrogen-bond donors (Lipinski definition) is 1. The van der Waals surface area contributed by atoms with Gasteiger partial charge in [0.15, 0.2) is 0 Å². The fourth-order valence-electron chi connectivity index (χ4n) is 4.77. The van der Waals surface area contributed by atoms with Gasteiger partial charge in [-0.2, -0.15) is 0 Å². The Labute approximate surface area is 175 Å². The smallest absolute Gasteiger partial charge is 0.247 e. The van der Waals surface area contributed by atoms with Gasteiger partial charge in [-0.1, -0.05) is 91.4 Å². The number of hydrogen-bond acceptors (Lipinski definition) is 1. The number of allylic oxidation sites excluding steroid dienone is 4. The molecule has 0 heterocycles. The molecule has 1 aliphatic rings. The molecule has 2 heteroatoms. The van der Waals surface area contributed by atoms with Crippen LogP contribution < -0.4 is 15.4 Å². The molecule has 0 radical (unpaired) electrons.